The van der Waals surface area contributed by atoms with Gasteiger partial charge < -0.3 is 9.53 Å². The average Bonchev–Trinajstić information content (AvgIpc) is 2.10. The van der Waals surface area contributed by atoms with Gasteiger partial charge in [0.05, 0.1) is 12.9 Å². The zero-order valence-corrected chi connectivity index (χ0v) is 8.99. The number of rotatable bonds is 7. The number of thioether (sulfide) groups is 1. The van der Waals surface area contributed by atoms with Gasteiger partial charge in [0.25, 0.3) is 0 Å². The van der Waals surface area contributed by atoms with Gasteiger partial charge in [-0.05, 0) is 25.5 Å². The van der Waals surface area contributed by atoms with Gasteiger partial charge in [0, 0.05) is 6.42 Å². The molecule has 4 heteroatoms. The topological polar surface area (TPSA) is 43.4 Å². The third kappa shape index (κ3) is 9.40. The van der Waals surface area contributed by atoms with Crippen LogP contribution in [0, 0.1) is 0 Å². The second-order valence-electron chi connectivity index (χ2n) is 2.79. The first-order valence-electron chi connectivity index (χ1n) is 4.31. The van der Waals surface area contributed by atoms with E-state index in [-0.39, 0.29) is 11.8 Å². The van der Waals surface area contributed by atoms with Crippen LogP contribution >= 0.6 is 11.8 Å². The molecule has 76 valence electrons. The molecule has 0 saturated carbocycles. The third-order valence-corrected chi connectivity index (χ3v) is 2.53. The first-order chi connectivity index (χ1) is 6.16. The maximum Gasteiger partial charge on any atom is 0.315 e. The highest BCUT2D eigenvalue weighted by molar-refractivity contribution is 7.99. The summed E-state index contributed by atoms with van der Waals surface area (Å²) in [6.45, 7) is 1.60. The molecule has 0 bridgehead atoms. The first kappa shape index (κ1) is 12.5. The minimum atomic E-state index is -0.184. The van der Waals surface area contributed by atoms with E-state index in [0.717, 1.165) is 18.6 Å². The summed E-state index contributed by atoms with van der Waals surface area (Å²) in [6, 6.07) is 0. The van der Waals surface area contributed by atoms with Gasteiger partial charge in [0.15, 0.2) is 0 Å². The Kier molecular flexibility index (Phi) is 7.79. The van der Waals surface area contributed by atoms with Crippen LogP contribution in [-0.4, -0.2) is 30.4 Å². The van der Waals surface area contributed by atoms with Crippen LogP contribution in [0.2, 0.25) is 0 Å². The standard InChI is InChI=1S/C9H16O3S/c1-8(10)5-3-4-6-13-7-9(11)12-2/h3-7H2,1-2H3. The quantitative estimate of drug-likeness (QED) is 0.467. The molecule has 0 aromatic rings. The molecule has 0 aliphatic carbocycles. The Hall–Kier alpha value is -0.510. The van der Waals surface area contributed by atoms with Crippen LogP contribution in [0.1, 0.15) is 26.2 Å². The Morgan fingerprint density at radius 3 is 2.54 bits per heavy atom. The Balaban J connectivity index is 3.08. The van der Waals surface area contributed by atoms with E-state index in [1.165, 1.54) is 7.11 Å². The predicted octanol–water partition coefficient (Wildman–Crippen LogP) is 1.65. The van der Waals surface area contributed by atoms with Crippen molar-refractivity contribution in [3.63, 3.8) is 0 Å². The zero-order chi connectivity index (χ0) is 10.1. The number of carbonyl (C=O) groups excluding carboxylic acids is 2. The molecule has 0 spiro atoms. The molecule has 0 aliphatic rings. The number of esters is 1. The molecule has 0 aromatic carbocycles. The van der Waals surface area contributed by atoms with Gasteiger partial charge >= 0.3 is 5.97 Å². The predicted molar refractivity (Wildman–Crippen MR) is 53.9 cm³/mol. The van der Waals surface area contributed by atoms with Crippen LogP contribution in [0.3, 0.4) is 0 Å². The number of hydrogen-bond acceptors (Lipinski definition) is 4. The SMILES string of the molecule is COC(=O)CSCCCCC(C)=O. The summed E-state index contributed by atoms with van der Waals surface area (Å²) in [5, 5.41) is 0. The molecule has 0 N–H and O–H groups in total. The summed E-state index contributed by atoms with van der Waals surface area (Å²) in [4.78, 5) is 21.2. The fourth-order valence-electron chi connectivity index (χ4n) is 0.792. The van der Waals surface area contributed by atoms with E-state index in [2.05, 4.69) is 4.74 Å². The Morgan fingerprint density at radius 2 is 2.00 bits per heavy atom. The van der Waals surface area contributed by atoms with Crippen molar-refractivity contribution in [2.45, 2.75) is 26.2 Å². The molecule has 0 rings (SSSR count). The normalized spacial score (nSPS) is 9.69. The first-order valence-corrected chi connectivity index (χ1v) is 5.46. The lowest BCUT2D eigenvalue weighted by molar-refractivity contribution is -0.137. The highest BCUT2D eigenvalue weighted by atomic mass is 32.2. The molecule has 3 nitrogen and oxygen atoms in total. The van der Waals surface area contributed by atoms with Gasteiger partial charge in [-0.1, -0.05) is 0 Å². The zero-order valence-electron chi connectivity index (χ0n) is 8.17. The molecular formula is C9H16O3S. The van der Waals surface area contributed by atoms with E-state index in [1.807, 2.05) is 0 Å². The molecule has 0 saturated heterocycles. The number of Topliss-reactive ketones (excluding diaryl/α,β-unsaturated/α-hetero) is 1. The molecule has 13 heavy (non-hydrogen) atoms. The lowest BCUT2D eigenvalue weighted by atomic mass is 10.2. The maximum absolute atomic E-state index is 10.7. The molecule has 0 atom stereocenters. The third-order valence-electron chi connectivity index (χ3n) is 1.52. The Morgan fingerprint density at radius 1 is 1.31 bits per heavy atom. The van der Waals surface area contributed by atoms with Gasteiger partial charge in [-0.15, -0.1) is 0 Å². The van der Waals surface area contributed by atoms with Crippen molar-refractivity contribution in [2.24, 2.45) is 0 Å². The van der Waals surface area contributed by atoms with Gasteiger partial charge in [-0.3, -0.25) is 4.79 Å². The van der Waals surface area contributed by atoms with E-state index in [1.54, 1.807) is 18.7 Å². The molecule has 0 amide bonds. The molecular weight excluding hydrogens is 188 g/mol. The number of unbranched alkanes of at least 4 members (excludes halogenated alkanes) is 1. The summed E-state index contributed by atoms with van der Waals surface area (Å²) < 4.78 is 4.48. The summed E-state index contributed by atoms with van der Waals surface area (Å²) in [7, 11) is 1.39. The fraction of sp³-hybridized carbons (Fsp3) is 0.778. The number of ether oxygens (including phenoxy) is 1. The van der Waals surface area contributed by atoms with Crippen LogP contribution in [-0.2, 0) is 14.3 Å². The minimum Gasteiger partial charge on any atom is -0.468 e. The minimum absolute atomic E-state index is 0.184. The lowest BCUT2D eigenvalue weighted by Gasteiger charge is -1.99. The van der Waals surface area contributed by atoms with Crippen LogP contribution in [0.15, 0.2) is 0 Å². The van der Waals surface area contributed by atoms with Gasteiger partial charge in [0.2, 0.25) is 0 Å². The lowest BCUT2D eigenvalue weighted by Crippen LogP contribution is -2.03. The van der Waals surface area contributed by atoms with Gasteiger partial charge in [0.1, 0.15) is 5.78 Å². The van der Waals surface area contributed by atoms with Crippen LogP contribution in [0.4, 0.5) is 0 Å². The Labute approximate surface area is 83.2 Å². The van der Waals surface area contributed by atoms with E-state index in [4.69, 9.17) is 0 Å². The van der Waals surface area contributed by atoms with E-state index in [0.29, 0.717) is 12.2 Å². The molecule has 0 radical (unpaired) electrons. The largest absolute Gasteiger partial charge is 0.468 e. The number of methoxy groups -OCH3 is 1. The second kappa shape index (κ2) is 8.10. The van der Waals surface area contributed by atoms with E-state index in [9.17, 15) is 9.59 Å². The monoisotopic (exact) mass is 204 g/mol. The summed E-state index contributed by atoms with van der Waals surface area (Å²) in [5.41, 5.74) is 0. The highest BCUT2D eigenvalue weighted by Crippen LogP contribution is 2.06. The number of hydrogen-bond donors (Lipinski definition) is 0. The summed E-state index contributed by atoms with van der Waals surface area (Å²) >= 11 is 1.55. The van der Waals surface area contributed by atoms with Crippen molar-refractivity contribution in [1.29, 1.82) is 0 Å². The van der Waals surface area contributed by atoms with Crippen LogP contribution < -0.4 is 0 Å². The van der Waals surface area contributed by atoms with Crippen molar-refractivity contribution in [3.05, 3.63) is 0 Å². The van der Waals surface area contributed by atoms with Crippen LogP contribution in [0.25, 0.3) is 0 Å². The Bertz CT molecular complexity index is 168. The van der Waals surface area contributed by atoms with Crippen molar-refractivity contribution in [1.82, 2.24) is 0 Å². The van der Waals surface area contributed by atoms with Gasteiger partial charge in [-0.25, -0.2) is 0 Å². The maximum atomic E-state index is 10.7. The molecule has 0 aromatic heterocycles. The van der Waals surface area contributed by atoms with Crippen molar-refractivity contribution < 1.29 is 14.3 Å². The van der Waals surface area contributed by atoms with Crippen molar-refractivity contribution >= 4 is 23.5 Å². The fourth-order valence-corrected chi connectivity index (χ4v) is 1.63. The van der Waals surface area contributed by atoms with Crippen molar-refractivity contribution in [2.75, 3.05) is 18.6 Å². The smallest absolute Gasteiger partial charge is 0.315 e. The number of ketones is 1. The summed E-state index contributed by atoms with van der Waals surface area (Å²) in [6.07, 6.45) is 2.56. The van der Waals surface area contributed by atoms with E-state index >= 15 is 0 Å². The molecule has 0 heterocycles. The average molecular weight is 204 g/mol. The van der Waals surface area contributed by atoms with E-state index < -0.39 is 0 Å². The molecule has 0 fully saturated rings. The van der Waals surface area contributed by atoms with Crippen molar-refractivity contribution in [3.8, 4) is 0 Å². The molecule has 0 unspecified atom stereocenters. The second-order valence-corrected chi connectivity index (χ2v) is 3.89. The molecule has 0 aliphatic heterocycles. The summed E-state index contributed by atoms with van der Waals surface area (Å²) in [5.74, 6) is 1.38. The number of carbonyl (C=O) groups is 2. The highest BCUT2D eigenvalue weighted by Gasteiger charge is 1.99. The van der Waals surface area contributed by atoms with Gasteiger partial charge in [-0.2, -0.15) is 11.8 Å². The van der Waals surface area contributed by atoms with Crippen LogP contribution in [0.5, 0.6) is 0 Å².